The molecule has 0 saturated heterocycles. The van der Waals surface area contributed by atoms with E-state index in [1.165, 1.54) is 0 Å². The first kappa shape index (κ1) is 19.0. The van der Waals surface area contributed by atoms with E-state index >= 15 is 0 Å². The third-order valence-electron chi connectivity index (χ3n) is 4.13. The predicted molar refractivity (Wildman–Crippen MR) is 102 cm³/mol. The van der Waals surface area contributed by atoms with Gasteiger partial charge < -0.3 is 10.2 Å². The summed E-state index contributed by atoms with van der Waals surface area (Å²) in [5.41, 5.74) is 0.408. The number of hydrogen-bond acceptors (Lipinski definition) is 2. The van der Waals surface area contributed by atoms with Crippen LogP contribution in [0.25, 0.3) is 0 Å². The average molecular weight is 359 g/mol. The molecule has 2 rings (SSSR count). The quantitative estimate of drug-likeness (QED) is 0.792. The fourth-order valence-corrected chi connectivity index (χ4v) is 2.73. The molecule has 0 aliphatic carbocycles. The molecule has 2 aromatic carbocycles. The van der Waals surface area contributed by atoms with Crippen molar-refractivity contribution in [2.75, 3.05) is 11.4 Å². The molecule has 1 N–H and O–H groups in total. The maximum atomic E-state index is 13.0. The van der Waals surface area contributed by atoms with E-state index in [1.54, 1.807) is 24.8 Å². The fraction of sp³-hybridized carbons (Fsp3) is 0.300. The van der Waals surface area contributed by atoms with Gasteiger partial charge in [0.05, 0.1) is 0 Å². The van der Waals surface area contributed by atoms with Crippen molar-refractivity contribution in [3.05, 3.63) is 65.2 Å². The van der Waals surface area contributed by atoms with Crippen LogP contribution in [0.1, 0.15) is 26.3 Å². The minimum atomic E-state index is -1.19. The molecule has 0 radical (unpaired) electrons. The van der Waals surface area contributed by atoms with Crippen LogP contribution >= 0.6 is 11.6 Å². The van der Waals surface area contributed by atoms with Gasteiger partial charge in [0.1, 0.15) is 5.41 Å². The number of amides is 2. The zero-order valence-electron chi connectivity index (χ0n) is 14.8. The molecule has 0 spiro atoms. The van der Waals surface area contributed by atoms with Gasteiger partial charge in [-0.15, -0.1) is 0 Å². The van der Waals surface area contributed by atoms with E-state index in [4.69, 9.17) is 11.6 Å². The van der Waals surface area contributed by atoms with Gasteiger partial charge in [-0.05, 0) is 44.5 Å². The monoisotopic (exact) mass is 358 g/mol. The summed E-state index contributed by atoms with van der Waals surface area (Å²) in [7, 11) is 0. The van der Waals surface area contributed by atoms with E-state index in [-0.39, 0.29) is 18.4 Å². The van der Waals surface area contributed by atoms with Crippen molar-refractivity contribution < 1.29 is 9.59 Å². The number of rotatable bonds is 6. The van der Waals surface area contributed by atoms with Crippen molar-refractivity contribution in [3.63, 3.8) is 0 Å². The van der Waals surface area contributed by atoms with Crippen LogP contribution in [0, 0.1) is 5.41 Å². The zero-order valence-corrected chi connectivity index (χ0v) is 15.5. The molecule has 5 heteroatoms. The number of carbonyl (C=O) groups excluding carboxylic acids is 2. The Morgan fingerprint density at radius 3 is 2.24 bits per heavy atom. The summed E-state index contributed by atoms with van der Waals surface area (Å²) < 4.78 is 0. The molecule has 0 bridgehead atoms. The van der Waals surface area contributed by atoms with Crippen LogP contribution in [-0.2, 0) is 16.1 Å². The van der Waals surface area contributed by atoms with Gasteiger partial charge in [-0.1, -0.05) is 48.0 Å². The average Bonchev–Trinajstić information content (AvgIpc) is 2.62. The normalized spacial score (nSPS) is 11.0. The lowest BCUT2D eigenvalue weighted by atomic mass is 9.89. The number of nitrogens with one attached hydrogen (secondary N) is 1. The van der Waals surface area contributed by atoms with E-state index in [9.17, 15) is 9.59 Å². The Bertz CT molecular complexity index is 744. The number of anilines is 1. The molecule has 25 heavy (non-hydrogen) atoms. The Hall–Kier alpha value is -2.33. The van der Waals surface area contributed by atoms with Crippen molar-refractivity contribution in [2.24, 2.45) is 5.41 Å². The van der Waals surface area contributed by atoms with Gasteiger partial charge in [-0.25, -0.2) is 0 Å². The van der Waals surface area contributed by atoms with Crippen LogP contribution in [0.15, 0.2) is 54.6 Å². The molecular formula is C20H23ClN2O2. The SMILES string of the molecule is CCN(C(=O)C(C)(C)C(=O)NCc1ccccc1Cl)c1ccccc1. The zero-order chi connectivity index (χ0) is 18.4. The summed E-state index contributed by atoms with van der Waals surface area (Å²) >= 11 is 6.11. The van der Waals surface area contributed by atoms with Crippen LogP contribution in [-0.4, -0.2) is 18.4 Å². The Morgan fingerprint density at radius 1 is 1.04 bits per heavy atom. The Morgan fingerprint density at radius 2 is 1.64 bits per heavy atom. The van der Waals surface area contributed by atoms with Crippen molar-refractivity contribution in [3.8, 4) is 0 Å². The molecule has 2 aromatic rings. The van der Waals surface area contributed by atoms with Gasteiger partial charge in [0.15, 0.2) is 0 Å². The molecule has 0 aromatic heterocycles. The first-order valence-corrected chi connectivity index (χ1v) is 8.64. The minimum Gasteiger partial charge on any atom is -0.351 e. The lowest BCUT2D eigenvalue weighted by Gasteiger charge is -2.30. The third-order valence-corrected chi connectivity index (χ3v) is 4.50. The van der Waals surface area contributed by atoms with Crippen LogP contribution in [0.2, 0.25) is 5.02 Å². The summed E-state index contributed by atoms with van der Waals surface area (Å²) in [6, 6.07) is 16.7. The number of para-hydroxylation sites is 1. The van der Waals surface area contributed by atoms with E-state index < -0.39 is 5.41 Å². The Labute approximate surface area is 153 Å². The third kappa shape index (κ3) is 4.40. The molecule has 0 aliphatic rings. The van der Waals surface area contributed by atoms with Gasteiger partial charge in [0.2, 0.25) is 11.8 Å². The molecule has 4 nitrogen and oxygen atoms in total. The highest BCUT2D eigenvalue weighted by atomic mass is 35.5. The Balaban J connectivity index is 2.11. The molecule has 0 heterocycles. The van der Waals surface area contributed by atoms with Gasteiger partial charge in [-0.3, -0.25) is 9.59 Å². The molecule has 0 aliphatic heterocycles. The minimum absolute atomic E-state index is 0.238. The van der Waals surface area contributed by atoms with Crippen LogP contribution in [0.3, 0.4) is 0 Å². The number of carbonyl (C=O) groups is 2. The van der Waals surface area contributed by atoms with Crippen molar-refractivity contribution in [1.82, 2.24) is 5.32 Å². The molecular weight excluding hydrogens is 336 g/mol. The summed E-state index contributed by atoms with van der Waals surface area (Å²) in [5, 5.41) is 3.41. The van der Waals surface area contributed by atoms with Gasteiger partial charge in [0, 0.05) is 23.8 Å². The van der Waals surface area contributed by atoms with Crippen molar-refractivity contribution in [1.29, 1.82) is 0 Å². The number of nitrogens with zero attached hydrogens (tertiary/aromatic N) is 1. The second kappa shape index (κ2) is 8.17. The summed E-state index contributed by atoms with van der Waals surface area (Å²) in [4.78, 5) is 27.2. The standard InChI is InChI=1S/C20H23ClN2O2/c1-4-23(16-11-6-5-7-12-16)19(25)20(2,3)18(24)22-14-15-10-8-9-13-17(15)21/h5-13H,4,14H2,1-3H3,(H,22,24). The van der Waals surface area contributed by atoms with Gasteiger partial charge in [-0.2, -0.15) is 0 Å². The van der Waals surface area contributed by atoms with E-state index in [0.29, 0.717) is 11.6 Å². The topological polar surface area (TPSA) is 49.4 Å². The van der Waals surface area contributed by atoms with Crippen LogP contribution in [0.5, 0.6) is 0 Å². The smallest absolute Gasteiger partial charge is 0.242 e. The molecule has 0 unspecified atom stereocenters. The van der Waals surface area contributed by atoms with E-state index in [2.05, 4.69) is 5.32 Å². The van der Waals surface area contributed by atoms with Gasteiger partial charge >= 0.3 is 0 Å². The van der Waals surface area contributed by atoms with Crippen LogP contribution in [0.4, 0.5) is 5.69 Å². The number of halogens is 1. The van der Waals surface area contributed by atoms with Crippen molar-refractivity contribution in [2.45, 2.75) is 27.3 Å². The van der Waals surface area contributed by atoms with Gasteiger partial charge in [0.25, 0.3) is 0 Å². The predicted octanol–water partition coefficient (Wildman–Crippen LogP) is 4.04. The van der Waals surface area contributed by atoms with Crippen molar-refractivity contribution >= 4 is 29.1 Å². The fourth-order valence-electron chi connectivity index (χ4n) is 2.52. The molecule has 132 valence electrons. The summed E-state index contributed by atoms with van der Waals surface area (Å²) in [6.45, 7) is 5.95. The number of hydrogen-bond donors (Lipinski definition) is 1. The largest absolute Gasteiger partial charge is 0.351 e. The lowest BCUT2D eigenvalue weighted by Crippen LogP contribution is -2.49. The number of benzene rings is 2. The van der Waals surface area contributed by atoms with E-state index in [0.717, 1.165) is 11.3 Å². The Kier molecular flexibility index (Phi) is 6.21. The van der Waals surface area contributed by atoms with E-state index in [1.807, 2.05) is 55.5 Å². The maximum absolute atomic E-state index is 13.0. The second-order valence-corrected chi connectivity index (χ2v) is 6.69. The second-order valence-electron chi connectivity index (χ2n) is 6.28. The molecule has 2 amide bonds. The molecule has 0 atom stereocenters. The van der Waals surface area contributed by atoms with Crippen LogP contribution < -0.4 is 10.2 Å². The first-order chi connectivity index (χ1) is 11.9. The highest BCUT2D eigenvalue weighted by Gasteiger charge is 2.39. The lowest BCUT2D eigenvalue weighted by molar-refractivity contribution is -0.139. The highest BCUT2D eigenvalue weighted by Crippen LogP contribution is 2.24. The first-order valence-electron chi connectivity index (χ1n) is 8.26. The maximum Gasteiger partial charge on any atom is 0.242 e. The summed E-state index contributed by atoms with van der Waals surface area (Å²) in [5.74, 6) is -0.565. The highest BCUT2D eigenvalue weighted by molar-refractivity contribution is 6.31. The molecule has 0 saturated carbocycles. The summed E-state index contributed by atoms with van der Waals surface area (Å²) in [6.07, 6.45) is 0. The molecule has 0 fully saturated rings.